The van der Waals surface area contributed by atoms with Crippen LogP contribution in [0.2, 0.25) is 0 Å². The lowest BCUT2D eigenvalue weighted by Crippen LogP contribution is -2.64. The Bertz CT molecular complexity index is 1740. The molecule has 1 aromatic heterocycles. The number of aromatic nitrogens is 2. The molecule has 10 heteroatoms. The Balaban J connectivity index is 1.05. The molecule has 6 aliphatic rings. The van der Waals surface area contributed by atoms with Crippen LogP contribution in [0.4, 0.5) is 0 Å². The number of hydrogen-bond donors (Lipinski definition) is 1. The summed E-state index contributed by atoms with van der Waals surface area (Å²) in [6.07, 6.45) is 14.8. The van der Waals surface area contributed by atoms with Crippen molar-refractivity contribution in [2.24, 2.45) is 45.8 Å². The Morgan fingerprint density at radius 1 is 0.941 bits per heavy atom. The maximum Gasteiger partial charge on any atom is 0.337 e. The molecule has 1 saturated heterocycles. The molecule has 4 saturated carbocycles. The number of hydrogen-bond acceptors (Lipinski definition) is 9. The minimum absolute atomic E-state index is 0.0290. The van der Waals surface area contributed by atoms with Gasteiger partial charge in [-0.2, -0.15) is 0 Å². The van der Waals surface area contributed by atoms with Gasteiger partial charge < -0.3 is 19.4 Å². The van der Waals surface area contributed by atoms with Crippen molar-refractivity contribution in [3.05, 3.63) is 53.8 Å². The molecule has 278 valence electrons. The molecule has 1 aliphatic heterocycles. The predicted molar refractivity (Wildman–Crippen MR) is 198 cm³/mol. The van der Waals surface area contributed by atoms with Crippen LogP contribution in [0, 0.1) is 45.8 Å². The third kappa shape index (κ3) is 5.76. The number of carbonyl (C=O) groups is 1. The van der Waals surface area contributed by atoms with Crippen molar-refractivity contribution in [2.45, 2.75) is 96.9 Å². The van der Waals surface area contributed by atoms with Crippen molar-refractivity contribution in [3.63, 3.8) is 0 Å². The summed E-state index contributed by atoms with van der Waals surface area (Å²) in [6.45, 7) is 13.3. The zero-order valence-electron chi connectivity index (χ0n) is 31.3. The lowest BCUT2D eigenvalue weighted by Gasteiger charge is -2.68. The average Bonchev–Trinajstić information content (AvgIpc) is 3.77. The summed E-state index contributed by atoms with van der Waals surface area (Å²) in [5, 5.41) is 12.8. The molecule has 9 atom stereocenters. The van der Waals surface area contributed by atoms with E-state index in [1.165, 1.54) is 63.2 Å². The topological polar surface area (TPSA) is 115 Å². The van der Waals surface area contributed by atoms with Crippen molar-refractivity contribution < 1.29 is 22.4 Å². The standard InChI is InChI=1S/C41H58N4O5S/c1-38(2)30(27-6-8-28(9-7-27)37(46)49-5)15-16-40(4)32-10-11-33-35-29(36-44-43-26-50-36)14-17-41(35,19-18-39(33,3)31(32)12-13-34(38)40)42-20-21-45-22-24-51(47,48)25-23-45/h6-9,15,26,29,31-35,42H,10-14,16-25H2,1-5H3. The largest absolute Gasteiger partial charge is 0.465 e. The maximum absolute atomic E-state index is 12.1. The van der Waals surface area contributed by atoms with Crippen molar-refractivity contribution in [1.29, 1.82) is 0 Å². The van der Waals surface area contributed by atoms with Gasteiger partial charge in [-0.3, -0.25) is 0 Å². The van der Waals surface area contributed by atoms with Crippen LogP contribution in [0.25, 0.3) is 5.57 Å². The first-order chi connectivity index (χ1) is 24.3. The van der Waals surface area contributed by atoms with Gasteiger partial charge in [0.15, 0.2) is 9.84 Å². The van der Waals surface area contributed by atoms with Crippen molar-refractivity contribution in [1.82, 2.24) is 20.4 Å². The van der Waals surface area contributed by atoms with E-state index in [0.717, 1.165) is 38.2 Å². The van der Waals surface area contributed by atoms with Crippen molar-refractivity contribution >= 4 is 21.4 Å². The number of allylic oxidation sites excluding steroid dienone is 2. The van der Waals surface area contributed by atoms with Crippen molar-refractivity contribution in [3.8, 4) is 0 Å². The molecule has 5 aliphatic carbocycles. The number of methoxy groups -OCH3 is 1. The van der Waals surface area contributed by atoms with E-state index in [1.54, 1.807) is 0 Å². The molecule has 51 heavy (non-hydrogen) atoms. The lowest BCUT2D eigenvalue weighted by molar-refractivity contribution is -0.167. The van der Waals surface area contributed by atoms with Crippen LogP contribution in [0.15, 0.2) is 41.2 Å². The van der Waals surface area contributed by atoms with E-state index in [9.17, 15) is 13.2 Å². The minimum Gasteiger partial charge on any atom is -0.465 e. The fourth-order valence-corrected chi connectivity index (χ4v) is 14.7. The Morgan fingerprint density at radius 3 is 2.35 bits per heavy atom. The highest BCUT2D eigenvalue weighted by Gasteiger charge is 2.67. The molecule has 9 nitrogen and oxygen atoms in total. The highest BCUT2D eigenvalue weighted by atomic mass is 32.2. The van der Waals surface area contributed by atoms with Gasteiger partial charge in [0, 0.05) is 37.6 Å². The molecular weight excluding hydrogens is 661 g/mol. The summed E-state index contributed by atoms with van der Waals surface area (Å²) in [4.78, 5) is 14.5. The van der Waals surface area contributed by atoms with E-state index in [2.05, 4.69) is 66.3 Å². The summed E-state index contributed by atoms with van der Waals surface area (Å²) in [5.41, 5.74) is 3.82. The molecule has 2 aromatic rings. The van der Waals surface area contributed by atoms with Gasteiger partial charge in [0.25, 0.3) is 0 Å². The Hall–Kier alpha value is -2.56. The second-order valence-electron chi connectivity index (χ2n) is 18.2. The quantitative estimate of drug-likeness (QED) is 0.310. The first-order valence-corrected chi connectivity index (χ1v) is 21.5. The summed E-state index contributed by atoms with van der Waals surface area (Å²) in [5.74, 6) is 4.39. The van der Waals surface area contributed by atoms with Crippen LogP contribution in [0.5, 0.6) is 0 Å². The Kier molecular flexibility index (Phi) is 8.89. The first kappa shape index (κ1) is 35.5. The van der Waals surface area contributed by atoms with E-state index in [1.807, 2.05) is 12.1 Å². The average molecular weight is 719 g/mol. The minimum atomic E-state index is -2.88. The summed E-state index contributed by atoms with van der Waals surface area (Å²) in [6, 6.07) is 8.05. The number of rotatable bonds is 7. The molecule has 0 radical (unpaired) electrons. The van der Waals surface area contributed by atoms with E-state index in [-0.39, 0.29) is 45.2 Å². The van der Waals surface area contributed by atoms with Gasteiger partial charge in [0.05, 0.1) is 24.2 Å². The van der Waals surface area contributed by atoms with Crippen LogP contribution in [-0.4, -0.2) is 79.8 Å². The van der Waals surface area contributed by atoms with Gasteiger partial charge in [0.1, 0.15) is 0 Å². The molecule has 0 bridgehead atoms. The third-order valence-corrected chi connectivity index (χ3v) is 17.5. The number of esters is 1. The molecular formula is C41H58N4O5S. The maximum atomic E-state index is 12.1. The van der Waals surface area contributed by atoms with Crippen LogP contribution >= 0.6 is 0 Å². The smallest absolute Gasteiger partial charge is 0.337 e. The normalized spacial score (nSPS) is 39.9. The number of nitrogens with zero attached hydrogens (tertiary/aromatic N) is 3. The lowest BCUT2D eigenvalue weighted by atomic mass is 9.37. The van der Waals surface area contributed by atoms with Crippen molar-refractivity contribution in [2.75, 3.05) is 44.8 Å². The summed E-state index contributed by atoms with van der Waals surface area (Å²) >= 11 is 0. The molecule has 5 fully saturated rings. The van der Waals surface area contributed by atoms with Crippen LogP contribution in [0.1, 0.15) is 113 Å². The number of ether oxygens (including phenoxy) is 1. The SMILES string of the molecule is COC(=O)c1ccc(C2=CCC3(C)C4CCC5C6C(c7nnco7)CCC6(NCCN6CCS(=O)(=O)CC6)CCC5(C)C4CCC3C2(C)C)cc1. The number of carbonyl (C=O) groups excluding carboxylic acids is 1. The Labute approximate surface area is 304 Å². The van der Waals surface area contributed by atoms with Gasteiger partial charge in [-0.1, -0.05) is 45.9 Å². The molecule has 0 spiro atoms. The van der Waals surface area contributed by atoms with Gasteiger partial charge >= 0.3 is 5.97 Å². The van der Waals surface area contributed by atoms with Crippen LogP contribution in [-0.2, 0) is 14.6 Å². The first-order valence-electron chi connectivity index (χ1n) is 19.6. The summed E-state index contributed by atoms with van der Waals surface area (Å²) < 4.78 is 35.0. The van der Waals surface area contributed by atoms with Gasteiger partial charge in [-0.05, 0) is 127 Å². The Morgan fingerprint density at radius 2 is 1.65 bits per heavy atom. The zero-order chi connectivity index (χ0) is 35.8. The monoisotopic (exact) mass is 718 g/mol. The van der Waals surface area contributed by atoms with E-state index in [4.69, 9.17) is 9.15 Å². The highest BCUT2D eigenvalue weighted by molar-refractivity contribution is 7.91. The molecule has 9 unspecified atom stereocenters. The number of fused-ring (bicyclic) bond motifs is 7. The van der Waals surface area contributed by atoms with E-state index >= 15 is 0 Å². The summed E-state index contributed by atoms with van der Waals surface area (Å²) in [7, 11) is -1.45. The van der Waals surface area contributed by atoms with Gasteiger partial charge in [-0.25, -0.2) is 13.2 Å². The number of benzene rings is 1. The van der Waals surface area contributed by atoms with Gasteiger partial charge in [0.2, 0.25) is 12.3 Å². The predicted octanol–water partition coefficient (Wildman–Crippen LogP) is 6.78. The van der Waals surface area contributed by atoms with E-state index in [0.29, 0.717) is 48.2 Å². The zero-order valence-corrected chi connectivity index (χ0v) is 32.1. The second-order valence-corrected chi connectivity index (χ2v) is 20.5. The number of sulfone groups is 1. The molecule has 0 amide bonds. The third-order valence-electron chi connectivity index (χ3n) is 15.9. The molecule has 1 aromatic carbocycles. The number of nitrogens with one attached hydrogen (secondary N) is 1. The highest BCUT2D eigenvalue weighted by Crippen LogP contribution is 2.72. The van der Waals surface area contributed by atoms with Crippen LogP contribution in [0.3, 0.4) is 0 Å². The molecule has 1 N–H and O–H groups in total. The van der Waals surface area contributed by atoms with Crippen LogP contribution < -0.4 is 5.32 Å². The molecule has 2 heterocycles. The second kappa shape index (κ2) is 12.8. The molecule has 8 rings (SSSR count). The van der Waals surface area contributed by atoms with Gasteiger partial charge in [-0.15, -0.1) is 10.2 Å². The fraction of sp³-hybridized carbons (Fsp3) is 0.732. The fourth-order valence-electron chi connectivity index (χ4n) is 13.4. The van der Waals surface area contributed by atoms with E-state index < -0.39 is 9.84 Å².